The Labute approximate surface area is 63.4 Å². The molecule has 1 aliphatic rings. The van der Waals surface area contributed by atoms with Crippen LogP contribution in [0.15, 0.2) is 0 Å². The summed E-state index contributed by atoms with van der Waals surface area (Å²) in [4.78, 5) is 0. The molecule has 2 heteroatoms. The van der Waals surface area contributed by atoms with E-state index in [0.29, 0.717) is 6.04 Å². The zero-order chi connectivity index (χ0) is 7.40. The van der Waals surface area contributed by atoms with Crippen molar-refractivity contribution in [2.24, 2.45) is 5.92 Å². The molecule has 2 nitrogen and oxygen atoms in total. The SMILES string of the molecule is CCNC(C)C1CC[N-]C1. The summed E-state index contributed by atoms with van der Waals surface area (Å²) in [6.07, 6.45) is 1.29. The summed E-state index contributed by atoms with van der Waals surface area (Å²) in [5.74, 6) is 0.806. The quantitative estimate of drug-likeness (QED) is 0.631. The molecule has 0 spiro atoms. The Kier molecular flexibility index (Phi) is 3.16. The molecule has 1 N–H and O–H groups in total. The largest absolute Gasteiger partial charge is 0.662 e. The maximum absolute atomic E-state index is 4.33. The van der Waals surface area contributed by atoms with Crippen LogP contribution in [0.1, 0.15) is 20.3 Å². The molecule has 1 heterocycles. The Balaban J connectivity index is 2.18. The van der Waals surface area contributed by atoms with Crippen molar-refractivity contribution in [2.75, 3.05) is 19.6 Å². The number of nitrogens with one attached hydrogen (secondary N) is 1. The standard InChI is InChI=1S/C8H17N2/c1-3-10-7(2)8-4-5-9-6-8/h7-8,10H,3-6H2,1-2H3/q-1. The highest BCUT2D eigenvalue weighted by atomic mass is 15.0. The first kappa shape index (κ1) is 8.02. The summed E-state index contributed by atoms with van der Waals surface area (Å²) < 4.78 is 0. The van der Waals surface area contributed by atoms with Crippen LogP contribution in [-0.4, -0.2) is 25.7 Å². The van der Waals surface area contributed by atoms with Crippen molar-refractivity contribution in [2.45, 2.75) is 26.3 Å². The minimum Gasteiger partial charge on any atom is -0.662 e. The highest BCUT2D eigenvalue weighted by Gasteiger charge is 2.13. The fourth-order valence-corrected chi connectivity index (χ4v) is 1.50. The normalized spacial score (nSPS) is 28.8. The third-order valence-corrected chi connectivity index (χ3v) is 2.25. The summed E-state index contributed by atoms with van der Waals surface area (Å²) in [7, 11) is 0. The summed E-state index contributed by atoms with van der Waals surface area (Å²) in [6.45, 7) is 7.66. The van der Waals surface area contributed by atoms with E-state index in [1.54, 1.807) is 0 Å². The molecule has 0 bridgehead atoms. The van der Waals surface area contributed by atoms with Crippen molar-refractivity contribution in [1.82, 2.24) is 5.32 Å². The topological polar surface area (TPSA) is 26.1 Å². The van der Waals surface area contributed by atoms with Gasteiger partial charge in [-0.05, 0) is 19.4 Å². The Morgan fingerprint density at radius 1 is 1.70 bits per heavy atom. The van der Waals surface area contributed by atoms with E-state index in [9.17, 15) is 0 Å². The predicted octanol–water partition coefficient (Wildman–Crippen LogP) is 1.38. The Morgan fingerprint density at radius 2 is 2.50 bits per heavy atom. The molecule has 0 radical (unpaired) electrons. The Hall–Kier alpha value is -0.0800. The molecule has 1 saturated heterocycles. The van der Waals surface area contributed by atoms with Crippen molar-refractivity contribution in [3.8, 4) is 0 Å². The zero-order valence-corrected chi connectivity index (χ0v) is 6.93. The predicted molar refractivity (Wildman–Crippen MR) is 44.3 cm³/mol. The first-order chi connectivity index (χ1) is 4.84. The molecular weight excluding hydrogens is 124 g/mol. The molecule has 2 unspecified atom stereocenters. The number of rotatable bonds is 3. The molecule has 1 fully saturated rings. The molecule has 1 rings (SSSR count). The van der Waals surface area contributed by atoms with E-state index >= 15 is 0 Å². The van der Waals surface area contributed by atoms with Gasteiger partial charge in [0.2, 0.25) is 0 Å². The van der Waals surface area contributed by atoms with Crippen molar-refractivity contribution >= 4 is 0 Å². The van der Waals surface area contributed by atoms with Crippen molar-refractivity contribution < 1.29 is 0 Å². The third kappa shape index (κ3) is 1.96. The molecule has 0 aliphatic carbocycles. The van der Waals surface area contributed by atoms with Gasteiger partial charge in [0.25, 0.3) is 0 Å². The summed E-state index contributed by atoms with van der Waals surface area (Å²) >= 11 is 0. The highest BCUT2D eigenvalue weighted by molar-refractivity contribution is 4.95. The van der Waals surface area contributed by atoms with Gasteiger partial charge in [-0.2, -0.15) is 0 Å². The number of hydrogen-bond donors (Lipinski definition) is 1. The molecule has 1 aliphatic heterocycles. The maximum Gasteiger partial charge on any atom is 0.00498 e. The monoisotopic (exact) mass is 141 g/mol. The van der Waals surface area contributed by atoms with Gasteiger partial charge in [0.05, 0.1) is 0 Å². The second kappa shape index (κ2) is 3.94. The van der Waals surface area contributed by atoms with Crippen LogP contribution in [0.25, 0.3) is 5.32 Å². The summed E-state index contributed by atoms with van der Waals surface area (Å²) in [6, 6.07) is 0.663. The Morgan fingerprint density at radius 3 is 3.00 bits per heavy atom. The number of nitrogens with zero attached hydrogens (tertiary/aromatic N) is 1. The molecular formula is C8H17N2-. The van der Waals surface area contributed by atoms with Gasteiger partial charge in [-0.15, -0.1) is 13.1 Å². The van der Waals surface area contributed by atoms with Gasteiger partial charge >= 0.3 is 0 Å². The first-order valence-corrected chi connectivity index (χ1v) is 4.21. The lowest BCUT2D eigenvalue weighted by Crippen LogP contribution is -2.33. The molecule has 10 heavy (non-hydrogen) atoms. The number of hydrogen-bond acceptors (Lipinski definition) is 1. The fraction of sp³-hybridized carbons (Fsp3) is 1.00. The lowest BCUT2D eigenvalue weighted by molar-refractivity contribution is 0.414. The fourth-order valence-electron chi connectivity index (χ4n) is 1.50. The van der Waals surface area contributed by atoms with E-state index in [-0.39, 0.29) is 0 Å². The summed E-state index contributed by atoms with van der Waals surface area (Å²) in [5, 5.41) is 7.76. The molecule has 0 saturated carbocycles. The third-order valence-electron chi connectivity index (χ3n) is 2.25. The maximum atomic E-state index is 4.33. The average molecular weight is 141 g/mol. The van der Waals surface area contributed by atoms with Crippen LogP contribution >= 0.6 is 0 Å². The van der Waals surface area contributed by atoms with E-state index in [1.165, 1.54) is 6.42 Å². The summed E-state index contributed by atoms with van der Waals surface area (Å²) in [5.41, 5.74) is 0. The average Bonchev–Trinajstić information content (AvgIpc) is 2.38. The van der Waals surface area contributed by atoms with E-state index in [2.05, 4.69) is 24.5 Å². The Bertz CT molecular complexity index is 87.3. The van der Waals surface area contributed by atoms with Crippen molar-refractivity contribution in [3.63, 3.8) is 0 Å². The van der Waals surface area contributed by atoms with Gasteiger partial charge in [0.15, 0.2) is 0 Å². The van der Waals surface area contributed by atoms with Crippen LogP contribution in [0.3, 0.4) is 0 Å². The van der Waals surface area contributed by atoms with Crippen molar-refractivity contribution in [3.05, 3.63) is 5.32 Å². The molecule has 2 atom stereocenters. The molecule has 0 aromatic rings. The van der Waals surface area contributed by atoms with Crippen LogP contribution < -0.4 is 5.32 Å². The van der Waals surface area contributed by atoms with Gasteiger partial charge in [-0.3, -0.25) is 0 Å². The molecule has 0 amide bonds. The van der Waals surface area contributed by atoms with E-state index in [1.807, 2.05) is 0 Å². The van der Waals surface area contributed by atoms with Crippen LogP contribution in [0.4, 0.5) is 0 Å². The van der Waals surface area contributed by atoms with E-state index < -0.39 is 0 Å². The highest BCUT2D eigenvalue weighted by Crippen LogP contribution is 2.19. The zero-order valence-electron chi connectivity index (χ0n) is 6.93. The minimum atomic E-state index is 0.663. The second-order valence-electron chi connectivity index (χ2n) is 3.02. The molecule has 60 valence electrons. The van der Waals surface area contributed by atoms with Crippen molar-refractivity contribution in [1.29, 1.82) is 0 Å². The lowest BCUT2D eigenvalue weighted by Gasteiger charge is -2.21. The van der Waals surface area contributed by atoms with E-state index in [4.69, 9.17) is 0 Å². The van der Waals surface area contributed by atoms with Gasteiger partial charge in [-0.25, -0.2) is 0 Å². The van der Waals surface area contributed by atoms with Gasteiger partial charge in [-0.1, -0.05) is 13.3 Å². The van der Waals surface area contributed by atoms with Crippen LogP contribution in [0.2, 0.25) is 0 Å². The first-order valence-electron chi connectivity index (χ1n) is 4.21. The molecule has 0 aromatic heterocycles. The molecule has 0 aromatic carbocycles. The lowest BCUT2D eigenvalue weighted by atomic mass is 10.0. The van der Waals surface area contributed by atoms with Gasteiger partial charge in [0.1, 0.15) is 0 Å². The smallest absolute Gasteiger partial charge is 0.00498 e. The van der Waals surface area contributed by atoms with Gasteiger partial charge < -0.3 is 10.6 Å². The van der Waals surface area contributed by atoms with Gasteiger partial charge in [0, 0.05) is 6.04 Å². The van der Waals surface area contributed by atoms with Crippen LogP contribution in [0, 0.1) is 5.92 Å². The minimum absolute atomic E-state index is 0.663. The second-order valence-corrected chi connectivity index (χ2v) is 3.02. The van der Waals surface area contributed by atoms with Crippen LogP contribution in [-0.2, 0) is 0 Å². The van der Waals surface area contributed by atoms with Crippen LogP contribution in [0.5, 0.6) is 0 Å². The van der Waals surface area contributed by atoms with E-state index in [0.717, 1.165) is 25.6 Å².